The lowest BCUT2D eigenvalue weighted by Crippen LogP contribution is -2.63. The minimum atomic E-state index is -1.08. The molecule has 0 aliphatic carbocycles. The zero-order valence-electron chi connectivity index (χ0n) is 17.8. The molecular formula is C25H34O4. The third-order valence-corrected chi connectivity index (χ3v) is 5.75. The molecule has 29 heavy (non-hydrogen) atoms. The quantitative estimate of drug-likeness (QED) is 0.663. The SMILES string of the molecule is CC(C)CC[C@@]1(O)C(C)OCC(OCc2ccccc2)[C@H]1OCc1ccccc1. The predicted octanol–water partition coefficient (Wildman–Crippen LogP) is 4.74. The van der Waals surface area contributed by atoms with Gasteiger partial charge in [0, 0.05) is 0 Å². The van der Waals surface area contributed by atoms with Crippen molar-refractivity contribution in [2.24, 2.45) is 5.92 Å². The lowest BCUT2D eigenvalue weighted by Gasteiger charge is -2.48. The summed E-state index contributed by atoms with van der Waals surface area (Å²) in [6.07, 6.45) is 0.442. The zero-order valence-corrected chi connectivity index (χ0v) is 17.8. The number of ether oxygens (including phenoxy) is 3. The summed E-state index contributed by atoms with van der Waals surface area (Å²) in [7, 11) is 0. The van der Waals surface area contributed by atoms with Crippen LogP contribution in [-0.2, 0) is 27.4 Å². The van der Waals surface area contributed by atoms with Gasteiger partial charge in [0.25, 0.3) is 0 Å². The largest absolute Gasteiger partial charge is 0.384 e. The molecule has 0 aromatic heterocycles. The number of hydrogen-bond donors (Lipinski definition) is 1. The molecule has 1 saturated heterocycles. The van der Waals surface area contributed by atoms with E-state index in [1.165, 1.54) is 0 Å². The predicted molar refractivity (Wildman–Crippen MR) is 114 cm³/mol. The highest BCUT2D eigenvalue weighted by molar-refractivity contribution is 5.15. The van der Waals surface area contributed by atoms with Crippen LogP contribution in [-0.4, -0.2) is 35.6 Å². The van der Waals surface area contributed by atoms with Crippen molar-refractivity contribution in [3.8, 4) is 0 Å². The van der Waals surface area contributed by atoms with Crippen LogP contribution in [0.5, 0.6) is 0 Å². The van der Waals surface area contributed by atoms with E-state index < -0.39 is 11.7 Å². The smallest absolute Gasteiger partial charge is 0.119 e. The molecule has 2 unspecified atom stereocenters. The van der Waals surface area contributed by atoms with E-state index in [4.69, 9.17) is 14.2 Å². The highest BCUT2D eigenvalue weighted by atomic mass is 16.6. The highest BCUT2D eigenvalue weighted by Gasteiger charge is 2.51. The molecule has 4 atom stereocenters. The van der Waals surface area contributed by atoms with Gasteiger partial charge in [-0.2, -0.15) is 0 Å². The second kappa shape index (κ2) is 10.4. The Labute approximate surface area is 174 Å². The molecule has 2 aromatic rings. The molecule has 3 rings (SSSR count). The van der Waals surface area contributed by atoms with Gasteiger partial charge in [-0.15, -0.1) is 0 Å². The van der Waals surface area contributed by atoms with E-state index in [1.807, 2.05) is 67.6 Å². The molecule has 0 saturated carbocycles. The molecule has 0 spiro atoms. The van der Waals surface area contributed by atoms with Gasteiger partial charge in [0.15, 0.2) is 0 Å². The number of benzene rings is 2. The van der Waals surface area contributed by atoms with Crippen molar-refractivity contribution in [3.63, 3.8) is 0 Å². The van der Waals surface area contributed by atoms with Crippen molar-refractivity contribution in [1.29, 1.82) is 0 Å². The van der Waals surface area contributed by atoms with Crippen molar-refractivity contribution in [2.45, 2.75) is 70.7 Å². The van der Waals surface area contributed by atoms with Gasteiger partial charge in [-0.3, -0.25) is 0 Å². The van der Waals surface area contributed by atoms with Crippen molar-refractivity contribution in [2.75, 3.05) is 6.61 Å². The Bertz CT molecular complexity index is 718. The Hall–Kier alpha value is -1.72. The fourth-order valence-electron chi connectivity index (χ4n) is 3.81. The second-order valence-corrected chi connectivity index (χ2v) is 8.45. The van der Waals surface area contributed by atoms with Gasteiger partial charge in [-0.25, -0.2) is 0 Å². The first-order valence-corrected chi connectivity index (χ1v) is 10.6. The van der Waals surface area contributed by atoms with E-state index in [2.05, 4.69) is 13.8 Å². The summed E-state index contributed by atoms with van der Waals surface area (Å²) >= 11 is 0. The molecule has 0 amide bonds. The lowest BCUT2D eigenvalue weighted by molar-refractivity contribution is -0.268. The zero-order chi connectivity index (χ0) is 20.7. The summed E-state index contributed by atoms with van der Waals surface area (Å²) in [4.78, 5) is 0. The maximum atomic E-state index is 11.7. The van der Waals surface area contributed by atoms with Gasteiger partial charge >= 0.3 is 0 Å². The van der Waals surface area contributed by atoms with Gasteiger partial charge in [0.2, 0.25) is 0 Å². The molecule has 1 fully saturated rings. The Morgan fingerprint density at radius 2 is 1.52 bits per heavy atom. The molecule has 158 valence electrons. The second-order valence-electron chi connectivity index (χ2n) is 8.45. The van der Waals surface area contributed by atoms with Crippen LogP contribution < -0.4 is 0 Å². The molecule has 1 heterocycles. The van der Waals surface area contributed by atoms with Crippen LogP contribution in [0.15, 0.2) is 60.7 Å². The normalized spacial score (nSPS) is 27.3. The van der Waals surface area contributed by atoms with E-state index in [0.717, 1.165) is 17.5 Å². The fourth-order valence-corrected chi connectivity index (χ4v) is 3.81. The number of hydrogen-bond acceptors (Lipinski definition) is 4. The van der Waals surface area contributed by atoms with Crippen molar-refractivity contribution in [3.05, 3.63) is 71.8 Å². The summed E-state index contributed by atoms with van der Waals surface area (Å²) < 4.78 is 18.5. The van der Waals surface area contributed by atoms with Crippen LogP contribution in [0.2, 0.25) is 0 Å². The number of rotatable bonds is 9. The Balaban J connectivity index is 1.76. The molecule has 0 radical (unpaired) electrons. The van der Waals surface area contributed by atoms with Crippen molar-refractivity contribution >= 4 is 0 Å². The fraction of sp³-hybridized carbons (Fsp3) is 0.520. The van der Waals surface area contributed by atoms with E-state index in [9.17, 15) is 5.11 Å². The number of aliphatic hydroxyl groups is 1. The summed E-state index contributed by atoms with van der Waals surface area (Å²) in [6.45, 7) is 7.59. The highest BCUT2D eigenvalue weighted by Crippen LogP contribution is 2.35. The summed E-state index contributed by atoms with van der Waals surface area (Å²) in [5.41, 5.74) is 1.09. The van der Waals surface area contributed by atoms with E-state index in [1.54, 1.807) is 0 Å². The molecule has 1 N–H and O–H groups in total. The maximum absolute atomic E-state index is 11.7. The van der Waals surface area contributed by atoms with Gasteiger partial charge in [-0.1, -0.05) is 74.5 Å². The molecule has 4 nitrogen and oxygen atoms in total. The molecular weight excluding hydrogens is 364 g/mol. The van der Waals surface area contributed by atoms with Gasteiger partial charge < -0.3 is 19.3 Å². The molecule has 0 bridgehead atoms. The maximum Gasteiger partial charge on any atom is 0.119 e. The minimum Gasteiger partial charge on any atom is -0.384 e. The van der Waals surface area contributed by atoms with Crippen molar-refractivity contribution < 1.29 is 19.3 Å². The first-order valence-electron chi connectivity index (χ1n) is 10.6. The molecule has 2 aromatic carbocycles. The third kappa shape index (κ3) is 5.89. The van der Waals surface area contributed by atoms with Crippen LogP contribution in [0.4, 0.5) is 0 Å². The standard InChI is InChI=1S/C25H34O4/c1-19(2)14-15-25(26)20(3)27-18-23(28-16-21-10-6-4-7-11-21)24(25)29-17-22-12-8-5-9-13-22/h4-13,19-20,23-24,26H,14-18H2,1-3H3/t20?,23?,24-,25-/m1/s1. The Morgan fingerprint density at radius 3 is 2.07 bits per heavy atom. The average Bonchev–Trinajstić information content (AvgIpc) is 2.74. The van der Waals surface area contributed by atoms with Gasteiger partial charge in [0.1, 0.15) is 17.8 Å². The molecule has 1 aliphatic rings. The summed E-state index contributed by atoms with van der Waals surface area (Å²) in [6, 6.07) is 20.1. The third-order valence-electron chi connectivity index (χ3n) is 5.75. The first-order chi connectivity index (χ1) is 14.0. The summed E-state index contributed by atoms with van der Waals surface area (Å²) in [5.74, 6) is 0.492. The Kier molecular flexibility index (Phi) is 7.84. The monoisotopic (exact) mass is 398 g/mol. The van der Waals surface area contributed by atoms with Crippen LogP contribution in [0.3, 0.4) is 0 Å². The van der Waals surface area contributed by atoms with E-state index in [-0.39, 0.29) is 12.2 Å². The van der Waals surface area contributed by atoms with Gasteiger partial charge in [-0.05, 0) is 36.8 Å². The van der Waals surface area contributed by atoms with E-state index >= 15 is 0 Å². The molecule has 4 heteroatoms. The minimum absolute atomic E-state index is 0.307. The topological polar surface area (TPSA) is 47.9 Å². The van der Waals surface area contributed by atoms with Crippen molar-refractivity contribution in [1.82, 2.24) is 0 Å². The van der Waals surface area contributed by atoms with Crippen LogP contribution in [0, 0.1) is 5.92 Å². The molecule has 1 aliphatic heterocycles. The lowest BCUT2D eigenvalue weighted by atomic mass is 9.80. The van der Waals surface area contributed by atoms with Crippen LogP contribution in [0.25, 0.3) is 0 Å². The average molecular weight is 399 g/mol. The van der Waals surface area contributed by atoms with E-state index in [0.29, 0.717) is 32.2 Å². The van der Waals surface area contributed by atoms with Gasteiger partial charge in [0.05, 0.1) is 25.9 Å². The van der Waals surface area contributed by atoms with Crippen LogP contribution >= 0.6 is 0 Å². The first kappa shape index (κ1) is 22.0. The Morgan fingerprint density at radius 1 is 0.966 bits per heavy atom. The van der Waals surface area contributed by atoms with Crippen LogP contribution in [0.1, 0.15) is 44.7 Å². The summed E-state index contributed by atoms with van der Waals surface area (Å²) in [5, 5.41) is 11.7.